The van der Waals surface area contributed by atoms with Crippen molar-refractivity contribution in [1.82, 2.24) is 10.7 Å². The number of carbonyl (C=O) groups is 2. The normalized spacial score (nSPS) is 10.4. The van der Waals surface area contributed by atoms with Gasteiger partial charge in [0.25, 0.3) is 11.6 Å². The molecule has 0 saturated carbocycles. The number of benzene rings is 2. The Balaban J connectivity index is 1.73. The van der Waals surface area contributed by atoms with Gasteiger partial charge >= 0.3 is 0 Å². The number of rotatable bonds is 7. The third-order valence-corrected chi connectivity index (χ3v) is 3.16. The molecular weight excluding hydrogens is 324 g/mol. The Bertz CT molecular complexity index is 773. The first-order chi connectivity index (χ1) is 12.0. The summed E-state index contributed by atoms with van der Waals surface area (Å²) in [6.07, 6.45) is 1.55. The molecule has 128 valence electrons. The largest absolute Gasteiger partial charge is 0.347 e. The Labute approximate surface area is 143 Å². The van der Waals surface area contributed by atoms with Crippen LogP contribution < -0.4 is 10.7 Å². The molecule has 0 fully saturated rings. The van der Waals surface area contributed by atoms with Gasteiger partial charge in [-0.1, -0.05) is 30.3 Å². The van der Waals surface area contributed by atoms with E-state index in [1.165, 1.54) is 30.5 Å². The van der Waals surface area contributed by atoms with Crippen molar-refractivity contribution < 1.29 is 14.5 Å². The van der Waals surface area contributed by atoms with E-state index in [1.807, 2.05) is 30.3 Å². The van der Waals surface area contributed by atoms with Crippen LogP contribution in [0, 0.1) is 10.1 Å². The van der Waals surface area contributed by atoms with Crippen molar-refractivity contribution >= 4 is 23.7 Å². The van der Waals surface area contributed by atoms with Crippen LogP contribution >= 0.6 is 0 Å². The maximum Gasteiger partial charge on any atom is 0.269 e. The first kappa shape index (κ1) is 17.8. The number of carbonyl (C=O) groups excluding carboxylic acids is 2. The summed E-state index contributed by atoms with van der Waals surface area (Å²) in [5.74, 6) is -0.736. The predicted octanol–water partition coefficient (Wildman–Crippen LogP) is 1.40. The molecule has 0 bridgehead atoms. The van der Waals surface area contributed by atoms with Gasteiger partial charge in [0.1, 0.15) is 0 Å². The van der Waals surface area contributed by atoms with Crippen molar-refractivity contribution in [3.63, 3.8) is 0 Å². The number of hydrazone groups is 1. The smallest absolute Gasteiger partial charge is 0.269 e. The number of hydrogen-bond acceptors (Lipinski definition) is 5. The quantitative estimate of drug-likeness (QED) is 0.450. The van der Waals surface area contributed by atoms with Gasteiger partial charge in [0.05, 0.1) is 24.1 Å². The molecule has 8 heteroatoms. The summed E-state index contributed by atoms with van der Waals surface area (Å²) in [6.45, 7) is -0.191. The highest BCUT2D eigenvalue weighted by Gasteiger charge is 2.06. The highest BCUT2D eigenvalue weighted by Crippen LogP contribution is 2.10. The molecule has 2 N–H and O–H groups in total. The first-order valence-corrected chi connectivity index (χ1v) is 7.41. The summed E-state index contributed by atoms with van der Waals surface area (Å²) < 4.78 is 0. The molecule has 0 aliphatic carbocycles. The molecule has 0 radical (unpaired) electrons. The van der Waals surface area contributed by atoms with E-state index in [0.29, 0.717) is 5.56 Å². The molecule has 0 unspecified atom stereocenters. The van der Waals surface area contributed by atoms with Gasteiger partial charge in [0.2, 0.25) is 5.91 Å². The number of nitro groups is 1. The van der Waals surface area contributed by atoms with E-state index in [2.05, 4.69) is 15.8 Å². The number of amides is 2. The van der Waals surface area contributed by atoms with Gasteiger partial charge in [0.15, 0.2) is 0 Å². The SMILES string of the molecule is O=C(Cc1ccccc1)NCC(=O)N/N=C\c1ccc([N+](=O)[O-])cc1. The molecule has 0 aliphatic rings. The second kappa shape index (κ2) is 8.92. The van der Waals surface area contributed by atoms with E-state index >= 15 is 0 Å². The average molecular weight is 340 g/mol. The third-order valence-electron chi connectivity index (χ3n) is 3.16. The van der Waals surface area contributed by atoms with Crippen LogP contribution in [0.25, 0.3) is 0 Å². The second-order valence-corrected chi connectivity index (χ2v) is 5.08. The van der Waals surface area contributed by atoms with Crippen LogP contribution in [-0.2, 0) is 16.0 Å². The molecule has 0 atom stereocenters. The van der Waals surface area contributed by atoms with Crippen molar-refractivity contribution in [3.05, 3.63) is 75.8 Å². The molecule has 25 heavy (non-hydrogen) atoms. The third kappa shape index (κ3) is 6.22. The summed E-state index contributed by atoms with van der Waals surface area (Å²) >= 11 is 0. The van der Waals surface area contributed by atoms with Gasteiger partial charge in [-0.25, -0.2) is 5.43 Å². The molecule has 2 rings (SSSR count). The van der Waals surface area contributed by atoms with Crippen molar-refractivity contribution in [2.45, 2.75) is 6.42 Å². The fourth-order valence-corrected chi connectivity index (χ4v) is 1.92. The van der Waals surface area contributed by atoms with Crippen LogP contribution in [0.4, 0.5) is 5.69 Å². The van der Waals surface area contributed by atoms with Crippen molar-refractivity contribution in [2.75, 3.05) is 6.54 Å². The number of nitrogens with one attached hydrogen (secondary N) is 2. The van der Waals surface area contributed by atoms with E-state index in [9.17, 15) is 19.7 Å². The maximum atomic E-state index is 11.7. The number of nitrogens with zero attached hydrogens (tertiary/aromatic N) is 2. The van der Waals surface area contributed by atoms with E-state index in [-0.39, 0.29) is 24.6 Å². The number of nitro benzene ring substituents is 1. The maximum absolute atomic E-state index is 11.7. The molecule has 2 amide bonds. The molecule has 0 aliphatic heterocycles. The van der Waals surface area contributed by atoms with Crippen molar-refractivity contribution in [2.24, 2.45) is 5.10 Å². The Morgan fingerprint density at radius 3 is 2.36 bits per heavy atom. The zero-order chi connectivity index (χ0) is 18.1. The lowest BCUT2D eigenvalue weighted by Crippen LogP contribution is -2.35. The predicted molar refractivity (Wildman–Crippen MR) is 92.0 cm³/mol. The first-order valence-electron chi connectivity index (χ1n) is 7.41. The molecule has 2 aromatic carbocycles. The molecule has 0 saturated heterocycles. The lowest BCUT2D eigenvalue weighted by Gasteiger charge is -2.04. The van der Waals surface area contributed by atoms with Crippen LogP contribution in [-0.4, -0.2) is 29.5 Å². The minimum absolute atomic E-state index is 0.0256. The molecule has 0 aromatic heterocycles. The van der Waals surface area contributed by atoms with Gasteiger partial charge < -0.3 is 5.32 Å². The van der Waals surface area contributed by atoms with Crippen LogP contribution in [0.2, 0.25) is 0 Å². The summed E-state index contributed by atoms with van der Waals surface area (Å²) in [5, 5.41) is 16.8. The minimum Gasteiger partial charge on any atom is -0.347 e. The van der Waals surface area contributed by atoms with Gasteiger partial charge in [-0.2, -0.15) is 5.10 Å². The highest BCUT2D eigenvalue weighted by molar-refractivity contribution is 5.87. The molecular formula is C17H16N4O4. The monoisotopic (exact) mass is 340 g/mol. The minimum atomic E-state index is -0.499. The second-order valence-electron chi connectivity index (χ2n) is 5.08. The van der Waals surface area contributed by atoms with Crippen LogP contribution in [0.15, 0.2) is 59.7 Å². The average Bonchev–Trinajstić information content (AvgIpc) is 2.61. The van der Waals surface area contributed by atoms with Crippen LogP contribution in [0.5, 0.6) is 0 Å². The molecule has 0 spiro atoms. The van der Waals surface area contributed by atoms with Gasteiger partial charge in [-0.05, 0) is 23.3 Å². The Morgan fingerprint density at radius 2 is 1.72 bits per heavy atom. The van der Waals surface area contributed by atoms with E-state index in [0.717, 1.165) is 5.56 Å². The van der Waals surface area contributed by atoms with Crippen molar-refractivity contribution in [3.8, 4) is 0 Å². The lowest BCUT2D eigenvalue weighted by molar-refractivity contribution is -0.384. The summed E-state index contributed by atoms with van der Waals surface area (Å²) in [4.78, 5) is 33.4. The summed E-state index contributed by atoms with van der Waals surface area (Å²) in [6, 6.07) is 14.9. The lowest BCUT2D eigenvalue weighted by atomic mass is 10.1. The van der Waals surface area contributed by atoms with Gasteiger partial charge in [-0.3, -0.25) is 19.7 Å². The Morgan fingerprint density at radius 1 is 1.04 bits per heavy atom. The van der Waals surface area contributed by atoms with E-state index < -0.39 is 10.8 Å². The zero-order valence-electron chi connectivity index (χ0n) is 13.2. The van der Waals surface area contributed by atoms with E-state index in [4.69, 9.17) is 0 Å². The van der Waals surface area contributed by atoms with Gasteiger partial charge in [-0.15, -0.1) is 0 Å². The fourth-order valence-electron chi connectivity index (χ4n) is 1.92. The molecule has 0 heterocycles. The van der Waals surface area contributed by atoms with Crippen LogP contribution in [0.1, 0.15) is 11.1 Å². The zero-order valence-corrected chi connectivity index (χ0v) is 13.2. The van der Waals surface area contributed by atoms with Crippen LogP contribution in [0.3, 0.4) is 0 Å². The molecule has 8 nitrogen and oxygen atoms in total. The topological polar surface area (TPSA) is 114 Å². The Kier molecular flexibility index (Phi) is 6.35. The fraction of sp³-hybridized carbons (Fsp3) is 0.118. The standard InChI is InChI=1S/C17H16N4O4/c22-16(10-13-4-2-1-3-5-13)18-12-17(23)20-19-11-14-6-8-15(9-7-14)21(24)25/h1-9,11H,10,12H2,(H,18,22)(H,20,23)/b19-11-. The van der Waals surface area contributed by atoms with E-state index in [1.54, 1.807) is 0 Å². The number of hydrogen-bond donors (Lipinski definition) is 2. The Hall–Kier alpha value is -3.55. The molecule has 2 aromatic rings. The van der Waals surface area contributed by atoms with Gasteiger partial charge in [0, 0.05) is 12.1 Å². The highest BCUT2D eigenvalue weighted by atomic mass is 16.6. The summed E-state index contributed by atoms with van der Waals surface area (Å²) in [5.41, 5.74) is 3.70. The number of non-ortho nitro benzene ring substituents is 1. The summed E-state index contributed by atoms with van der Waals surface area (Å²) in [7, 11) is 0. The van der Waals surface area contributed by atoms with Crippen molar-refractivity contribution in [1.29, 1.82) is 0 Å².